The van der Waals surface area contributed by atoms with Crippen LogP contribution in [0, 0.1) is 0 Å². The summed E-state index contributed by atoms with van der Waals surface area (Å²) in [7, 11) is 6.87. The predicted octanol–water partition coefficient (Wildman–Crippen LogP) is 2.43. The number of amides is 1. The Hall–Kier alpha value is -1.81. The van der Waals surface area contributed by atoms with E-state index in [1.165, 1.54) is 4.90 Å². The Morgan fingerprint density at radius 2 is 1.93 bits per heavy atom. The molecule has 1 aromatic rings. The third-order valence-electron chi connectivity index (χ3n) is 3.67. The number of carbonyl (C=O) groups excluding carboxylic acids is 2. The van der Waals surface area contributed by atoms with Crippen LogP contribution in [0.25, 0.3) is 6.08 Å². The van der Waals surface area contributed by atoms with Gasteiger partial charge >= 0.3 is 5.97 Å². The second-order valence-corrected chi connectivity index (χ2v) is 7.58. The minimum absolute atomic E-state index is 0. The van der Waals surface area contributed by atoms with Gasteiger partial charge in [0.1, 0.15) is 17.5 Å². The molecule has 0 N–H and O–H groups in total. The fourth-order valence-corrected chi connectivity index (χ4v) is 3.50. The largest absolute Gasteiger partial charge is 0.493 e. The minimum atomic E-state index is -0.486. The average molecular weight is 447 g/mol. The smallest absolute Gasteiger partial charge is 0.326 e. The van der Waals surface area contributed by atoms with Gasteiger partial charge in [-0.1, -0.05) is 30.0 Å². The number of rotatable bonds is 8. The van der Waals surface area contributed by atoms with Crippen molar-refractivity contribution in [2.24, 2.45) is 0 Å². The van der Waals surface area contributed by atoms with Gasteiger partial charge in [0.15, 0.2) is 11.5 Å². The van der Waals surface area contributed by atoms with E-state index in [-0.39, 0.29) is 31.5 Å². The number of carbonyl (C=O) groups is 2. The Morgan fingerprint density at radius 3 is 2.54 bits per heavy atom. The minimum Gasteiger partial charge on any atom is -0.493 e. The first kappa shape index (κ1) is 24.2. The summed E-state index contributed by atoms with van der Waals surface area (Å²) in [4.78, 5) is 28.1. The van der Waals surface area contributed by atoms with Crippen molar-refractivity contribution in [3.8, 4) is 11.5 Å². The van der Waals surface area contributed by atoms with Crippen molar-refractivity contribution >= 4 is 58.7 Å². The number of esters is 1. The van der Waals surface area contributed by atoms with Crippen LogP contribution in [-0.2, 0) is 14.3 Å². The van der Waals surface area contributed by atoms with Crippen LogP contribution in [0.1, 0.15) is 5.56 Å². The lowest BCUT2D eigenvalue weighted by Crippen LogP contribution is -2.35. The Kier molecular flexibility index (Phi) is 9.74. The second kappa shape index (κ2) is 11.3. The number of methoxy groups -OCH3 is 2. The van der Waals surface area contributed by atoms with Gasteiger partial charge in [-0.2, -0.15) is 0 Å². The molecule has 1 aliphatic heterocycles. The van der Waals surface area contributed by atoms with Crippen molar-refractivity contribution in [3.05, 3.63) is 28.7 Å². The molecule has 7 nitrogen and oxygen atoms in total. The summed E-state index contributed by atoms with van der Waals surface area (Å²) in [6.07, 6.45) is 1.71. The highest BCUT2D eigenvalue weighted by atomic mass is 35.5. The number of hydrogen-bond donors (Lipinski definition) is 0. The van der Waals surface area contributed by atoms with Gasteiger partial charge in [0.25, 0.3) is 5.91 Å². The number of nitrogens with zero attached hydrogens (tertiary/aromatic N) is 2. The maximum Gasteiger partial charge on any atom is 0.326 e. The standard InChI is InChI=1S/C18H22N2O5S2.ClH/c1-19(2)7-8-25-16(21)11-20-17(22)15(27-18(20)26)10-12-5-6-13(23-3)14(9-12)24-4;/h5-6,9-10H,7-8,11H2,1-4H3;1H/b15-10-;. The molecule has 0 aliphatic carbocycles. The van der Waals surface area contributed by atoms with Crippen LogP contribution in [0.15, 0.2) is 23.1 Å². The molecule has 10 heteroatoms. The molecule has 0 bridgehead atoms. The Balaban J connectivity index is 0.00000392. The number of benzene rings is 1. The second-order valence-electron chi connectivity index (χ2n) is 5.91. The molecule has 0 aromatic heterocycles. The average Bonchev–Trinajstić information content (AvgIpc) is 2.88. The van der Waals surface area contributed by atoms with Crippen LogP contribution in [0.5, 0.6) is 11.5 Å². The van der Waals surface area contributed by atoms with Crippen LogP contribution >= 0.6 is 36.4 Å². The first-order valence-corrected chi connectivity index (χ1v) is 9.36. The van der Waals surface area contributed by atoms with E-state index in [2.05, 4.69) is 0 Å². The van der Waals surface area contributed by atoms with E-state index in [1.54, 1.807) is 32.4 Å². The van der Waals surface area contributed by atoms with E-state index in [9.17, 15) is 9.59 Å². The van der Waals surface area contributed by atoms with Crippen LogP contribution in [0.4, 0.5) is 0 Å². The molecule has 1 amide bonds. The molecule has 1 heterocycles. The SMILES string of the molecule is COc1ccc(/C=C2\SC(=S)N(CC(=O)OCCN(C)C)C2=O)cc1OC.Cl. The fraction of sp³-hybridized carbons (Fsp3) is 0.389. The van der Waals surface area contributed by atoms with Crippen molar-refractivity contribution in [2.45, 2.75) is 0 Å². The van der Waals surface area contributed by atoms with E-state index >= 15 is 0 Å². The summed E-state index contributed by atoms with van der Waals surface area (Å²) < 4.78 is 15.9. The number of thioether (sulfide) groups is 1. The molecule has 0 atom stereocenters. The van der Waals surface area contributed by atoms with Crippen LogP contribution < -0.4 is 9.47 Å². The molecule has 28 heavy (non-hydrogen) atoms. The summed E-state index contributed by atoms with van der Waals surface area (Å²) in [6, 6.07) is 5.33. The molecule has 0 spiro atoms. The molecule has 1 fully saturated rings. The number of ether oxygens (including phenoxy) is 3. The molecule has 0 unspecified atom stereocenters. The van der Waals surface area contributed by atoms with Crippen molar-refractivity contribution in [3.63, 3.8) is 0 Å². The molecular formula is C18H23ClN2O5S2. The van der Waals surface area contributed by atoms with Crippen LogP contribution in [0.2, 0.25) is 0 Å². The lowest BCUT2D eigenvalue weighted by molar-refractivity contribution is -0.146. The quantitative estimate of drug-likeness (QED) is 0.342. The fourth-order valence-electron chi connectivity index (χ4n) is 2.25. The summed E-state index contributed by atoms with van der Waals surface area (Å²) in [5.41, 5.74) is 0.765. The number of thiocarbonyl (C=S) groups is 1. The van der Waals surface area contributed by atoms with Gasteiger partial charge in [0.05, 0.1) is 19.1 Å². The normalized spacial score (nSPS) is 15.0. The first-order chi connectivity index (χ1) is 12.8. The Bertz CT molecular complexity index is 770. The topological polar surface area (TPSA) is 68.3 Å². The monoisotopic (exact) mass is 446 g/mol. The van der Waals surface area contributed by atoms with Gasteiger partial charge in [0, 0.05) is 6.54 Å². The summed E-state index contributed by atoms with van der Waals surface area (Å²) >= 11 is 6.39. The molecule has 1 saturated heterocycles. The Labute approximate surface area is 180 Å². The van der Waals surface area contributed by atoms with Gasteiger partial charge in [-0.3, -0.25) is 14.5 Å². The predicted molar refractivity (Wildman–Crippen MR) is 116 cm³/mol. The number of hydrogen-bond acceptors (Lipinski definition) is 8. The molecule has 154 valence electrons. The van der Waals surface area contributed by atoms with E-state index in [0.717, 1.165) is 17.3 Å². The third-order valence-corrected chi connectivity index (χ3v) is 5.05. The molecule has 0 saturated carbocycles. The molecule has 1 aromatic carbocycles. The van der Waals surface area contributed by atoms with Gasteiger partial charge in [0.2, 0.25) is 0 Å². The maximum absolute atomic E-state index is 12.6. The van der Waals surface area contributed by atoms with Crippen molar-refractivity contribution in [1.82, 2.24) is 9.80 Å². The number of halogens is 1. The molecular weight excluding hydrogens is 424 g/mol. The highest BCUT2D eigenvalue weighted by molar-refractivity contribution is 8.26. The van der Waals surface area contributed by atoms with Crippen LogP contribution in [0.3, 0.4) is 0 Å². The summed E-state index contributed by atoms with van der Waals surface area (Å²) in [6.45, 7) is 0.687. The zero-order valence-corrected chi connectivity index (χ0v) is 18.5. The van der Waals surface area contributed by atoms with Crippen molar-refractivity contribution in [2.75, 3.05) is 48.0 Å². The zero-order chi connectivity index (χ0) is 20.0. The van der Waals surface area contributed by atoms with Gasteiger partial charge < -0.3 is 19.1 Å². The molecule has 2 rings (SSSR count). The lowest BCUT2D eigenvalue weighted by atomic mass is 10.2. The first-order valence-electron chi connectivity index (χ1n) is 8.13. The van der Waals surface area contributed by atoms with Gasteiger partial charge in [-0.25, -0.2) is 0 Å². The summed E-state index contributed by atoms with van der Waals surface area (Å²) in [5, 5.41) is 0. The van der Waals surface area contributed by atoms with Gasteiger partial charge in [-0.05, 0) is 37.9 Å². The van der Waals surface area contributed by atoms with E-state index in [0.29, 0.717) is 27.3 Å². The summed E-state index contributed by atoms with van der Waals surface area (Å²) in [5.74, 6) is 0.360. The third kappa shape index (κ3) is 6.37. The van der Waals surface area contributed by atoms with E-state index in [1.807, 2.05) is 25.1 Å². The van der Waals surface area contributed by atoms with Crippen molar-refractivity contribution < 1.29 is 23.8 Å². The van der Waals surface area contributed by atoms with E-state index in [4.69, 9.17) is 26.4 Å². The van der Waals surface area contributed by atoms with Gasteiger partial charge in [-0.15, -0.1) is 12.4 Å². The lowest BCUT2D eigenvalue weighted by Gasteiger charge is -2.14. The molecule has 0 radical (unpaired) electrons. The van der Waals surface area contributed by atoms with Crippen molar-refractivity contribution in [1.29, 1.82) is 0 Å². The van der Waals surface area contributed by atoms with E-state index < -0.39 is 5.97 Å². The maximum atomic E-state index is 12.6. The highest BCUT2D eigenvalue weighted by Gasteiger charge is 2.33. The highest BCUT2D eigenvalue weighted by Crippen LogP contribution is 2.34. The zero-order valence-electron chi connectivity index (χ0n) is 16.1. The molecule has 1 aliphatic rings. The Morgan fingerprint density at radius 1 is 1.25 bits per heavy atom. The van der Waals surface area contributed by atoms with Crippen LogP contribution in [-0.4, -0.2) is 74.0 Å². The number of likely N-dealkylation sites (N-methyl/N-ethyl adjacent to an activating group) is 1.